The number of piperidine rings is 1. The first kappa shape index (κ1) is 13.6. The van der Waals surface area contributed by atoms with Gasteiger partial charge in [0.05, 0.1) is 17.3 Å². The zero-order chi connectivity index (χ0) is 14.8. The summed E-state index contributed by atoms with van der Waals surface area (Å²) in [6.45, 7) is 0.613. The molecule has 2 amide bonds. The van der Waals surface area contributed by atoms with Crippen LogP contribution in [0.15, 0.2) is 24.4 Å². The number of para-hydroxylation sites is 1. The number of aromatic nitrogens is 2. The van der Waals surface area contributed by atoms with E-state index in [2.05, 4.69) is 15.5 Å². The minimum Gasteiger partial charge on any atom is -0.357 e. The molecule has 2 heterocycles. The number of benzene rings is 1. The number of fused-ring (bicyclic) bond motifs is 1. The van der Waals surface area contributed by atoms with Crippen LogP contribution < -0.4 is 5.32 Å². The molecule has 0 saturated carbocycles. The number of likely N-dealkylation sites (tertiary alicyclic amines) is 1. The molecule has 1 aromatic heterocycles. The molecule has 3 rings (SSSR count). The lowest BCUT2D eigenvalue weighted by Crippen LogP contribution is -2.51. The van der Waals surface area contributed by atoms with E-state index in [1.165, 1.54) is 0 Å². The quantitative estimate of drug-likeness (QED) is 0.873. The lowest BCUT2D eigenvalue weighted by Gasteiger charge is -2.34. The number of carbonyl (C=O) groups excluding carboxylic acids is 2. The van der Waals surface area contributed by atoms with Crippen LogP contribution in [-0.2, 0) is 4.79 Å². The summed E-state index contributed by atoms with van der Waals surface area (Å²) in [6.07, 6.45) is 4.30. The third-order valence-corrected chi connectivity index (χ3v) is 4.02. The van der Waals surface area contributed by atoms with Crippen molar-refractivity contribution in [1.29, 1.82) is 0 Å². The Labute approximate surface area is 122 Å². The van der Waals surface area contributed by atoms with Crippen molar-refractivity contribution in [3.63, 3.8) is 0 Å². The Kier molecular flexibility index (Phi) is 3.60. The zero-order valence-electron chi connectivity index (χ0n) is 11.9. The SMILES string of the molecule is CNC(=O)[C@@H]1CCCCN1C(=O)c1cccc2cn[nH]c12. The van der Waals surface area contributed by atoms with Crippen molar-refractivity contribution in [2.75, 3.05) is 13.6 Å². The van der Waals surface area contributed by atoms with E-state index in [4.69, 9.17) is 0 Å². The Morgan fingerprint density at radius 3 is 3.05 bits per heavy atom. The van der Waals surface area contributed by atoms with Gasteiger partial charge in [-0.3, -0.25) is 14.7 Å². The molecular weight excluding hydrogens is 268 g/mol. The summed E-state index contributed by atoms with van der Waals surface area (Å²) in [5.41, 5.74) is 1.30. The van der Waals surface area contributed by atoms with Crippen LogP contribution in [0.5, 0.6) is 0 Å². The van der Waals surface area contributed by atoms with Crippen molar-refractivity contribution < 1.29 is 9.59 Å². The number of hydrogen-bond donors (Lipinski definition) is 2. The van der Waals surface area contributed by atoms with Gasteiger partial charge in [0.25, 0.3) is 5.91 Å². The van der Waals surface area contributed by atoms with E-state index in [1.54, 1.807) is 24.2 Å². The largest absolute Gasteiger partial charge is 0.357 e. The Morgan fingerprint density at radius 1 is 1.38 bits per heavy atom. The fourth-order valence-corrected chi connectivity index (χ4v) is 2.92. The van der Waals surface area contributed by atoms with E-state index in [9.17, 15) is 9.59 Å². The van der Waals surface area contributed by atoms with Crippen molar-refractivity contribution in [3.8, 4) is 0 Å². The maximum Gasteiger partial charge on any atom is 0.256 e. The standard InChI is InChI=1S/C15H18N4O2/c1-16-14(20)12-7-2-3-8-19(12)15(21)11-6-4-5-10-9-17-18-13(10)11/h4-6,9,12H,2-3,7-8H2,1H3,(H,16,20)(H,17,18)/t12-/m0/s1. The van der Waals surface area contributed by atoms with E-state index in [1.807, 2.05) is 12.1 Å². The molecule has 110 valence electrons. The van der Waals surface area contributed by atoms with Crippen molar-refractivity contribution in [2.24, 2.45) is 0 Å². The molecule has 1 atom stereocenters. The van der Waals surface area contributed by atoms with Gasteiger partial charge >= 0.3 is 0 Å². The van der Waals surface area contributed by atoms with Gasteiger partial charge in [0, 0.05) is 19.0 Å². The molecule has 0 unspecified atom stereocenters. The van der Waals surface area contributed by atoms with Crippen LogP contribution in [0.2, 0.25) is 0 Å². The number of nitrogens with one attached hydrogen (secondary N) is 2. The maximum absolute atomic E-state index is 12.8. The van der Waals surface area contributed by atoms with Crippen molar-refractivity contribution in [3.05, 3.63) is 30.0 Å². The van der Waals surface area contributed by atoms with Gasteiger partial charge in [0.1, 0.15) is 6.04 Å². The Morgan fingerprint density at radius 2 is 2.24 bits per heavy atom. The number of rotatable bonds is 2. The molecule has 6 heteroatoms. The Hall–Kier alpha value is -2.37. The molecule has 0 radical (unpaired) electrons. The van der Waals surface area contributed by atoms with Gasteiger partial charge in [-0.2, -0.15) is 5.10 Å². The van der Waals surface area contributed by atoms with Crippen LogP contribution in [0.3, 0.4) is 0 Å². The summed E-state index contributed by atoms with van der Waals surface area (Å²) < 4.78 is 0. The number of amides is 2. The third kappa shape index (κ3) is 2.37. The summed E-state index contributed by atoms with van der Waals surface area (Å²) in [6, 6.07) is 5.14. The van der Waals surface area contributed by atoms with Gasteiger partial charge in [-0.1, -0.05) is 12.1 Å². The highest BCUT2D eigenvalue weighted by Crippen LogP contribution is 2.23. The van der Waals surface area contributed by atoms with E-state index in [-0.39, 0.29) is 17.9 Å². The Balaban J connectivity index is 1.96. The summed E-state index contributed by atoms with van der Waals surface area (Å²) >= 11 is 0. The van der Waals surface area contributed by atoms with Gasteiger partial charge in [0.2, 0.25) is 5.91 Å². The normalized spacial score (nSPS) is 18.7. The molecule has 2 aromatic rings. The average molecular weight is 286 g/mol. The number of likely N-dealkylation sites (N-methyl/N-ethyl adjacent to an activating group) is 1. The summed E-state index contributed by atoms with van der Waals surface area (Å²) in [5, 5.41) is 10.4. The highest BCUT2D eigenvalue weighted by Gasteiger charge is 2.32. The van der Waals surface area contributed by atoms with E-state index < -0.39 is 0 Å². The second-order valence-corrected chi connectivity index (χ2v) is 5.26. The number of aromatic amines is 1. The van der Waals surface area contributed by atoms with Gasteiger partial charge in [-0.15, -0.1) is 0 Å². The predicted octanol–water partition coefficient (Wildman–Crippen LogP) is 1.30. The van der Waals surface area contributed by atoms with Crippen molar-refractivity contribution in [2.45, 2.75) is 25.3 Å². The summed E-state index contributed by atoms with van der Waals surface area (Å²) in [5.74, 6) is -0.210. The van der Waals surface area contributed by atoms with E-state index >= 15 is 0 Å². The molecule has 2 N–H and O–H groups in total. The number of H-pyrrole nitrogens is 1. The first-order valence-corrected chi connectivity index (χ1v) is 7.17. The smallest absolute Gasteiger partial charge is 0.256 e. The highest BCUT2D eigenvalue weighted by atomic mass is 16.2. The molecule has 1 saturated heterocycles. The minimum absolute atomic E-state index is 0.0974. The van der Waals surface area contributed by atoms with Gasteiger partial charge in [-0.25, -0.2) is 0 Å². The molecule has 1 aromatic carbocycles. The van der Waals surface area contributed by atoms with Crippen LogP contribution in [-0.4, -0.2) is 46.5 Å². The highest BCUT2D eigenvalue weighted by molar-refractivity contribution is 6.06. The van der Waals surface area contributed by atoms with Crippen LogP contribution in [0, 0.1) is 0 Å². The maximum atomic E-state index is 12.8. The van der Waals surface area contributed by atoms with Crippen molar-refractivity contribution in [1.82, 2.24) is 20.4 Å². The zero-order valence-corrected chi connectivity index (χ0v) is 11.9. The van der Waals surface area contributed by atoms with Gasteiger partial charge in [0.15, 0.2) is 0 Å². The topological polar surface area (TPSA) is 78.1 Å². The van der Waals surface area contributed by atoms with E-state index in [0.717, 1.165) is 23.7 Å². The number of carbonyl (C=O) groups is 2. The van der Waals surface area contributed by atoms with E-state index in [0.29, 0.717) is 18.5 Å². The molecule has 1 aliphatic heterocycles. The lowest BCUT2D eigenvalue weighted by atomic mass is 9.99. The van der Waals surface area contributed by atoms with Crippen LogP contribution in [0.4, 0.5) is 0 Å². The summed E-state index contributed by atoms with van der Waals surface area (Å²) in [4.78, 5) is 26.5. The molecule has 21 heavy (non-hydrogen) atoms. The number of nitrogens with zero attached hydrogens (tertiary/aromatic N) is 2. The molecular formula is C15H18N4O2. The van der Waals surface area contributed by atoms with Crippen LogP contribution in [0.25, 0.3) is 10.9 Å². The molecule has 0 bridgehead atoms. The average Bonchev–Trinajstić information content (AvgIpc) is 3.02. The molecule has 1 aliphatic rings. The molecule has 1 fully saturated rings. The monoisotopic (exact) mass is 286 g/mol. The van der Waals surface area contributed by atoms with Crippen LogP contribution in [0.1, 0.15) is 29.6 Å². The minimum atomic E-state index is -0.380. The molecule has 0 spiro atoms. The lowest BCUT2D eigenvalue weighted by molar-refractivity contribution is -0.126. The number of hydrogen-bond acceptors (Lipinski definition) is 3. The Bertz CT molecular complexity index is 679. The molecule has 0 aliphatic carbocycles. The second kappa shape index (κ2) is 5.55. The second-order valence-electron chi connectivity index (χ2n) is 5.26. The first-order valence-electron chi connectivity index (χ1n) is 7.17. The van der Waals surface area contributed by atoms with Crippen molar-refractivity contribution >= 4 is 22.7 Å². The fourth-order valence-electron chi connectivity index (χ4n) is 2.92. The third-order valence-electron chi connectivity index (χ3n) is 4.02. The first-order chi connectivity index (χ1) is 10.2. The summed E-state index contributed by atoms with van der Waals surface area (Å²) in [7, 11) is 1.61. The van der Waals surface area contributed by atoms with Gasteiger partial charge < -0.3 is 10.2 Å². The molecule has 6 nitrogen and oxygen atoms in total. The van der Waals surface area contributed by atoms with Gasteiger partial charge in [-0.05, 0) is 25.3 Å². The van der Waals surface area contributed by atoms with Crippen LogP contribution >= 0.6 is 0 Å². The predicted molar refractivity (Wildman–Crippen MR) is 78.8 cm³/mol. The fraction of sp³-hybridized carbons (Fsp3) is 0.400.